The maximum absolute atomic E-state index is 12.2. The van der Waals surface area contributed by atoms with Gasteiger partial charge in [0.1, 0.15) is 5.69 Å². The summed E-state index contributed by atoms with van der Waals surface area (Å²) in [6.07, 6.45) is 6.21. The van der Waals surface area contributed by atoms with Gasteiger partial charge in [0.05, 0.1) is 0 Å². The summed E-state index contributed by atoms with van der Waals surface area (Å²) >= 11 is 0. The number of nitrogens with zero attached hydrogens (tertiary/aromatic N) is 1. The van der Waals surface area contributed by atoms with Crippen LogP contribution in [0.2, 0.25) is 0 Å². The highest BCUT2D eigenvalue weighted by atomic mass is 16.4. The first-order valence-electron chi connectivity index (χ1n) is 9.85. The largest absolute Gasteiger partial charge is 0.477 e. The standard InChI is InChI=1S/C23H26N2O2/c26-23(27)22-20(15-24-18-11-5-2-6-12-18)19-13-7-8-14-21(19)25(22)16-17-9-3-1-4-10-17/h1,3-4,7-10,13-14,18,24H,2,5-6,11-12,15-16H2,(H,26,27). The molecule has 1 heterocycles. The summed E-state index contributed by atoms with van der Waals surface area (Å²) in [7, 11) is 0. The number of para-hydroxylation sites is 1. The van der Waals surface area contributed by atoms with Gasteiger partial charge in [-0.05, 0) is 24.5 Å². The van der Waals surface area contributed by atoms with Gasteiger partial charge in [0.2, 0.25) is 0 Å². The molecule has 0 bridgehead atoms. The zero-order valence-corrected chi connectivity index (χ0v) is 15.5. The molecule has 2 aromatic carbocycles. The number of hydrogen-bond acceptors (Lipinski definition) is 2. The van der Waals surface area contributed by atoms with Crippen LogP contribution in [0.5, 0.6) is 0 Å². The third-order valence-electron chi connectivity index (χ3n) is 5.63. The summed E-state index contributed by atoms with van der Waals surface area (Å²) in [5.41, 5.74) is 3.40. The minimum absolute atomic E-state index is 0.406. The molecule has 27 heavy (non-hydrogen) atoms. The van der Waals surface area contributed by atoms with Crippen molar-refractivity contribution in [2.24, 2.45) is 0 Å². The van der Waals surface area contributed by atoms with Gasteiger partial charge in [-0.2, -0.15) is 0 Å². The molecular weight excluding hydrogens is 336 g/mol. The van der Waals surface area contributed by atoms with Crippen LogP contribution in [0.15, 0.2) is 54.6 Å². The lowest BCUT2D eigenvalue weighted by Gasteiger charge is -2.23. The highest BCUT2D eigenvalue weighted by molar-refractivity contribution is 5.98. The van der Waals surface area contributed by atoms with Crippen LogP contribution in [-0.4, -0.2) is 21.7 Å². The van der Waals surface area contributed by atoms with Crippen LogP contribution in [0.1, 0.15) is 53.7 Å². The van der Waals surface area contributed by atoms with Crippen molar-refractivity contribution in [3.63, 3.8) is 0 Å². The molecule has 1 fully saturated rings. The molecule has 0 amide bonds. The molecule has 4 heteroatoms. The summed E-state index contributed by atoms with van der Waals surface area (Å²) in [6, 6.07) is 18.6. The van der Waals surface area contributed by atoms with Gasteiger partial charge in [0, 0.05) is 35.6 Å². The van der Waals surface area contributed by atoms with Gasteiger partial charge in [0.15, 0.2) is 0 Å². The van der Waals surface area contributed by atoms with E-state index in [1.165, 1.54) is 32.1 Å². The van der Waals surface area contributed by atoms with E-state index < -0.39 is 5.97 Å². The lowest BCUT2D eigenvalue weighted by atomic mass is 9.95. The summed E-state index contributed by atoms with van der Waals surface area (Å²) in [4.78, 5) is 12.2. The fourth-order valence-electron chi connectivity index (χ4n) is 4.28. The second kappa shape index (κ2) is 7.97. The number of carboxylic acids is 1. The van der Waals surface area contributed by atoms with Crippen molar-refractivity contribution in [2.45, 2.75) is 51.2 Å². The second-order valence-corrected chi connectivity index (χ2v) is 7.44. The maximum Gasteiger partial charge on any atom is 0.352 e. The first-order chi connectivity index (χ1) is 13.2. The molecule has 0 unspecified atom stereocenters. The summed E-state index contributed by atoms with van der Waals surface area (Å²) < 4.78 is 1.95. The molecule has 3 aromatic rings. The molecule has 0 aliphatic heterocycles. The lowest BCUT2D eigenvalue weighted by Crippen LogP contribution is -2.31. The average Bonchev–Trinajstić information content (AvgIpc) is 3.02. The van der Waals surface area contributed by atoms with Crippen LogP contribution < -0.4 is 5.32 Å². The topological polar surface area (TPSA) is 54.3 Å². The molecule has 0 spiro atoms. The van der Waals surface area contributed by atoms with E-state index in [2.05, 4.69) is 5.32 Å². The highest BCUT2D eigenvalue weighted by Crippen LogP contribution is 2.28. The molecule has 0 radical (unpaired) electrons. The fraction of sp³-hybridized carbons (Fsp3) is 0.348. The average molecular weight is 362 g/mol. The van der Waals surface area contributed by atoms with E-state index in [1.54, 1.807) is 0 Å². The van der Waals surface area contributed by atoms with Gasteiger partial charge in [0.25, 0.3) is 0 Å². The lowest BCUT2D eigenvalue weighted by molar-refractivity contribution is 0.0684. The van der Waals surface area contributed by atoms with Crippen molar-refractivity contribution < 1.29 is 9.90 Å². The number of fused-ring (bicyclic) bond motifs is 1. The Morgan fingerprint density at radius 2 is 1.70 bits per heavy atom. The van der Waals surface area contributed by atoms with Gasteiger partial charge in [-0.3, -0.25) is 0 Å². The first-order valence-corrected chi connectivity index (χ1v) is 9.85. The summed E-state index contributed by atoms with van der Waals surface area (Å²) in [5, 5.41) is 14.7. The number of nitrogens with one attached hydrogen (secondary N) is 1. The molecule has 140 valence electrons. The number of aromatic nitrogens is 1. The number of carbonyl (C=O) groups is 1. The number of rotatable bonds is 6. The molecular formula is C23H26N2O2. The van der Waals surface area contributed by atoms with E-state index in [1.807, 2.05) is 59.2 Å². The van der Waals surface area contributed by atoms with Crippen LogP contribution in [-0.2, 0) is 13.1 Å². The third kappa shape index (κ3) is 3.76. The van der Waals surface area contributed by atoms with Crippen LogP contribution in [0.4, 0.5) is 0 Å². The molecule has 0 saturated heterocycles. The third-order valence-corrected chi connectivity index (χ3v) is 5.63. The van der Waals surface area contributed by atoms with Crippen molar-refractivity contribution in [3.05, 3.63) is 71.4 Å². The monoisotopic (exact) mass is 362 g/mol. The molecule has 2 N–H and O–H groups in total. The van der Waals surface area contributed by atoms with Crippen molar-refractivity contribution in [2.75, 3.05) is 0 Å². The number of carboxylic acid groups (broad SMARTS) is 1. The van der Waals surface area contributed by atoms with Crippen molar-refractivity contribution in [1.82, 2.24) is 9.88 Å². The zero-order chi connectivity index (χ0) is 18.6. The SMILES string of the molecule is O=C(O)c1c(CNC2CCCCC2)c2ccccc2n1Cc1ccccc1. The Morgan fingerprint density at radius 3 is 2.44 bits per heavy atom. The van der Waals surface area contributed by atoms with Gasteiger partial charge in [-0.15, -0.1) is 0 Å². The maximum atomic E-state index is 12.2. The van der Waals surface area contributed by atoms with E-state index in [0.717, 1.165) is 22.0 Å². The first kappa shape index (κ1) is 17.8. The van der Waals surface area contributed by atoms with Gasteiger partial charge in [-0.25, -0.2) is 4.79 Å². The van der Waals surface area contributed by atoms with Gasteiger partial charge < -0.3 is 15.0 Å². The molecule has 4 nitrogen and oxygen atoms in total. The van der Waals surface area contributed by atoms with Gasteiger partial charge >= 0.3 is 5.97 Å². The van der Waals surface area contributed by atoms with Crippen LogP contribution in [0, 0.1) is 0 Å². The minimum atomic E-state index is -0.859. The van der Waals surface area contributed by atoms with E-state index >= 15 is 0 Å². The second-order valence-electron chi connectivity index (χ2n) is 7.44. The summed E-state index contributed by atoms with van der Waals surface area (Å²) in [5.74, 6) is -0.859. The predicted molar refractivity (Wildman–Crippen MR) is 108 cm³/mol. The smallest absolute Gasteiger partial charge is 0.352 e. The fourth-order valence-corrected chi connectivity index (χ4v) is 4.28. The van der Waals surface area contributed by atoms with Crippen molar-refractivity contribution in [3.8, 4) is 0 Å². The zero-order valence-electron chi connectivity index (χ0n) is 15.5. The molecule has 1 aliphatic rings. The van der Waals surface area contributed by atoms with Gasteiger partial charge in [-0.1, -0.05) is 67.8 Å². The van der Waals surface area contributed by atoms with E-state index in [4.69, 9.17) is 0 Å². The van der Waals surface area contributed by atoms with Crippen LogP contribution >= 0.6 is 0 Å². The quantitative estimate of drug-likeness (QED) is 0.662. The Labute approximate surface area is 159 Å². The summed E-state index contributed by atoms with van der Waals surface area (Å²) in [6.45, 7) is 1.17. The predicted octanol–water partition coefficient (Wildman–Crippen LogP) is 4.81. The molecule has 0 atom stereocenters. The molecule has 1 aliphatic carbocycles. The van der Waals surface area contributed by atoms with Crippen molar-refractivity contribution >= 4 is 16.9 Å². The Morgan fingerprint density at radius 1 is 1.00 bits per heavy atom. The van der Waals surface area contributed by atoms with E-state index in [-0.39, 0.29) is 0 Å². The Bertz CT molecular complexity index is 924. The van der Waals surface area contributed by atoms with Crippen molar-refractivity contribution in [1.29, 1.82) is 0 Å². The highest BCUT2D eigenvalue weighted by Gasteiger charge is 2.23. The normalized spacial score (nSPS) is 15.3. The molecule has 4 rings (SSSR count). The van der Waals surface area contributed by atoms with E-state index in [9.17, 15) is 9.90 Å². The molecule has 1 saturated carbocycles. The number of aromatic carboxylic acids is 1. The number of benzene rings is 2. The Hall–Kier alpha value is -2.59. The minimum Gasteiger partial charge on any atom is -0.477 e. The van der Waals surface area contributed by atoms with Crippen LogP contribution in [0.3, 0.4) is 0 Å². The van der Waals surface area contributed by atoms with E-state index in [0.29, 0.717) is 24.8 Å². The Balaban J connectivity index is 1.73. The van der Waals surface area contributed by atoms with Crippen LogP contribution in [0.25, 0.3) is 10.9 Å². The number of hydrogen-bond donors (Lipinski definition) is 2. The Kier molecular flexibility index (Phi) is 5.26. The molecule has 1 aromatic heterocycles.